The fourth-order valence-electron chi connectivity index (χ4n) is 9.97. The number of carbonyl (C=O) groups is 4. The van der Waals surface area contributed by atoms with Crippen LogP contribution >= 0.6 is 15.9 Å². The van der Waals surface area contributed by atoms with Gasteiger partial charge in [0.05, 0.1) is 98.2 Å². The SMILES string of the molecule is CC1(CCCBr)OCCO1.CC1(CCCn2ccc(C=O)n2)OCCO1.CC1(CCCn2ccc(CO)n2)OCCO1.CCOC(=O)c1ccn(CCCC2(C)OCCO2)n1.CCOC(=O)c1ccn[nH]1.CCOC(=O)c1ccnn1CCCC1(C)OCCO1.Cc1cc[c-]cn1.[Cl-].[Mg+2]. The Hall–Kier alpha value is -5.62. The normalized spacial score (nSPS) is 16.8. The Morgan fingerprint density at radius 3 is 1.40 bits per heavy atom. The second kappa shape index (κ2) is 47.5. The van der Waals surface area contributed by atoms with Crippen molar-refractivity contribution in [3.8, 4) is 0 Å². The van der Waals surface area contributed by atoms with E-state index in [0.29, 0.717) is 108 Å². The number of hydrogen-bond acceptors (Lipinski definition) is 24. The van der Waals surface area contributed by atoms with Gasteiger partial charge in [0.1, 0.15) is 17.1 Å². The molecule has 5 aliphatic rings. The van der Waals surface area contributed by atoms with E-state index in [1.165, 1.54) is 6.20 Å². The third-order valence-corrected chi connectivity index (χ3v) is 15.6. The zero-order valence-electron chi connectivity index (χ0n) is 58.9. The molecule has 6 aromatic rings. The smallest absolute Gasteiger partial charge is 1.00 e. The molecule has 548 valence electrons. The minimum absolute atomic E-state index is 0. The summed E-state index contributed by atoms with van der Waals surface area (Å²) < 4.78 is 76.5. The van der Waals surface area contributed by atoms with E-state index in [-0.39, 0.29) is 65.8 Å². The van der Waals surface area contributed by atoms with Crippen molar-refractivity contribution < 1.29 is 98.3 Å². The number of aldehydes is 1. The molecule has 0 unspecified atom stereocenters. The number of hydrogen-bond donors (Lipinski definition) is 2. The number of aromatic nitrogens is 11. The van der Waals surface area contributed by atoms with Crippen molar-refractivity contribution in [3.63, 3.8) is 0 Å². The molecular formula is C67H101BrClMgN11O18. The van der Waals surface area contributed by atoms with Crippen LogP contribution in [-0.2, 0) is 94.4 Å². The molecular weight excluding hydrogens is 1390 g/mol. The Kier molecular flexibility index (Phi) is 42.1. The Labute approximate surface area is 611 Å². The van der Waals surface area contributed by atoms with Gasteiger partial charge in [-0.15, -0.1) is 0 Å². The molecule has 0 aliphatic carbocycles. The fraction of sp³-hybridized carbons (Fsp3) is 0.642. The molecule has 2 N–H and O–H groups in total. The maximum Gasteiger partial charge on any atom is 2.00 e. The third kappa shape index (κ3) is 33.8. The molecule has 0 aromatic carbocycles. The number of ether oxygens (including phenoxy) is 13. The first-order valence-electron chi connectivity index (χ1n) is 33.1. The number of aliphatic hydroxyl groups is 1. The summed E-state index contributed by atoms with van der Waals surface area (Å²) in [4.78, 5) is 48.3. The van der Waals surface area contributed by atoms with E-state index in [0.717, 1.165) is 114 Å². The molecule has 0 amide bonds. The van der Waals surface area contributed by atoms with Gasteiger partial charge in [0.2, 0.25) is 0 Å². The van der Waals surface area contributed by atoms with Crippen molar-refractivity contribution in [2.24, 2.45) is 0 Å². The number of esters is 3. The summed E-state index contributed by atoms with van der Waals surface area (Å²) in [6, 6.07) is 15.0. The van der Waals surface area contributed by atoms with E-state index >= 15 is 0 Å². The molecule has 5 aliphatic heterocycles. The van der Waals surface area contributed by atoms with Crippen LogP contribution in [0.3, 0.4) is 0 Å². The summed E-state index contributed by atoms with van der Waals surface area (Å²) in [6.45, 7) is 28.0. The third-order valence-electron chi connectivity index (χ3n) is 15.0. The number of pyridine rings is 1. The number of halogens is 2. The second-order valence-electron chi connectivity index (χ2n) is 23.1. The average Bonchev–Trinajstić information content (AvgIpc) is 1.78. The average molecular weight is 1490 g/mol. The molecule has 0 bridgehead atoms. The minimum atomic E-state index is -0.489. The number of rotatable bonds is 27. The van der Waals surface area contributed by atoms with Gasteiger partial charge in [-0.05, 0) is 130 Å². The predicted octanol–water partition coefficient (Wildman–Crippen LogP) is 5.69. The number of H-pyrrole nitrogens is 1. The number of carbonyl (C=O) groups excluding carboxylic acids is 4. The van der Waals surface area contributed by atoms with Crippen LogP contribution in [0.2, 0.25) is 0 Å². The van der Waals surface area contributed by atoms with Gasteiger partial charge in [-0.3, -0.25) is 28.6 Å². The molecule has 32 heteroatoms. The van der Waals surface area contributed by atoms with Gasteiger partial charge in [-0.1, -0.05) is 22.1 Å². The number of alkyl halides is 1. The number of nitrogens with one attached hydrogen (secondary N) is 1. The van der Waals surface area contributed by atoms with E-state index in [1.54, 1.807) is 77.7 Å². The summed E-state index contributed by atoms with van der Waals surface area (Å²) in [7, 11) is 0. The summed E-state index contributed by atoms with van der Waals surface area (Å²) in [6.07, 6.45) is 19.9. The van der Waals surface area contributed by atoms with Gasteiger partial charge in [-0.25, -0.2) is 26.5 Å². The van der Waals surface area contributed by atoms with E-state index in [1.807, 2.05) is 76.8 Å². The first-order valence-corrected chi connectivity index (χ1v) is 34.3. The van der Waals surface area contributed by atoms with Crippen LogP contribution in [0.1, 0.15) is 173 Å². The molecule has 11 heterocycles. The van der Waals surface area contributed by atoms with Crippen LogP contribution in [-0.4, -0.2) is 227 Å². The van der Waals surface area contributed by atoms with Gasteiger partial charge < -0.3 is 84.1 Å². The summed E-state index contributed by atoms with van der Waals surface area (Å²) in [5, 5.41) is 32.6. The van der Waals surface area contributed by atoms with Crippen LogP contribution < -0.4 is 12.4 Å². The molecule has 0 saturated carbocycles. The van der Waals surface area contributed by atoms with Gasteiger partial charge >= 0.3 is 41.0 Å². The largest absolute Gasteiger partial charge is 2.00 e. The predicted molar refractivity (Wildman–Crippen MR) is 362 cm³/mol. The van der Waals surface area contributed by atoms with Crippen LogP contribution in [0, 0.1) is 13.0 Å². The summed E-state index contributed by atoms with van der Waals surface area (Å²) >= 11 is 3.37. The maximum absolute atomic E-state index is 11.7. The molecule has 11 rings (SSSR count). The number of aromatic amines is 1. The molecule has 5 fully saturated rings. The Morgan fingerprint density at radius 2 is 1.01 bits per heavy atom. The molecule has 29 nitrogen and oxygen atoms in total. The number of aliphatic hydroxyl groups excluding tert-OH is 1. The van der Waals surface area contributed by atoms with E-state index < -0.39 is 23.1 Å². The summed E-state index contributed by atoms with van der Waals surface area (Å²) in [5.41, 5.74) is 3.45. The Bertz CT molecular complexity index is 3110. The fourth-order valence-corrected chi connectivity index (χ4v) is 10.2. The minimum Gasteiger partial charge on any atom is -1.00 e. The van der Waals surface area contributed by atoms with E-state index in [4.69, 9.17) is 61.9 Å². The van der Waals surface area contributed by atoms with Gasteiger partial charge in [0, 0.05) is 94.6 Å². The maximum atomic E-state index is 11.7. The van der Waals surface area contributed by atoms with Crippen molar-refractivity contribution in [2.45, 2.75) is 188 Å². The molecule has 0 atom stereocenters. The van der Waals surface area contributed by atoms with Crippen molar-refractivity contribution in [3.05, 3.63) is 120 Å². The van der Waals surface area contributed by atoms with Crippen molar-refractivity contribution in [2.75, 3.05) is 91.2 Å². The zero-order valence-corrected chi connectivity index (χ0v) is 62.7. The Morgan fingerprint density at radius 1 is 0.576 bits per heavy atom. The van der Waals surface area contributed by atoms with E-state index in [9.17, 15) is 19.2 Å². The standard InChI is InChI=1S/2C13H20N2O4.C11H18N2O3.C11H16N2O3.C7H13BrO2.C6H8N2O2.C6H6N.ClH.Mg/c1-3-17-12(16)11-5-7-14-15(11)8-4-6-13(2)18-9-10-19-13;1-3-17-12(16)11-5-8-15(14-11)7-4-6-13(2)18-9-10-19-13;2*1-11(15-7-8-16-11)4-2-5-13-6-3-10(9-14)12-13;1-7(3-2-4-8)9-5-6-10-7;1-2-10-6(9)5-3-4-7-8-5;1-6-4-2-3-5-7-6;;/h5,7H,3-4,6,8-10H2,1-2H3;5,8H,3-4,6-7,9-10H2,1-2H3;3,6,14H,2,4-5,7-9H2,1H3;3,6,9H,2,4-5,7-8H2,1H3;2-6H2,1H3;3-4H,2H2,1H3,(H,7,8);2,4-5H,1H3;1H;/q;;;;;;-1;;+2/p-1. The molecule has 0 spiro atoms. The first kappa shape index (κ1) is 87.6. The first-order chi connectivity index (χ1) is 46.7. The number of aryl methyl sites for hydroxylation is 5. The van der Waals surface area contributed by atoms with Crippen LogP contribution in [0.15, 0.2) is 79.6 Å². The van der Waals surface area contributed by atoms with Crippen LogP contribution in [0.25, 0.3) is 0 Å². The topological polar surface area (TPSA) is 321 Å². The molecule has 0 radical (unpaired) electrons. The zero-order chi connectivity index (χ0) is 70.3. The van der Waals surface area contributed by atoms with Crippen LogP contribution in [0.5, 0.6) is 0 Å². The molecule has 99 heavy (non-hydrogen) atoms. The van der Waals surface area contributed by atoms with E-state index in [2.05, 4.69) is 62.3 Å². The molecule has 6 aromatic heterocycles. The Balaban J connectivity index is 0.000000306. The van der Waals surface area contributed by atoms with Crippen molar-refractivity contribution in [1.29, 1.82) is 0 Å². The van der Waals surface area contributed by atoms with Crippen molar-refractivity contribution in [1.82, 2.24) is 54.3 Å². The van der Waals surface area contributed by atoms with Crippen molar-refractivity contribution >= 4 is 63.2 Å². The number of nitrogens with zero attached hydrogens (tertiary/aromatic N) is 10. The quantitative estimate of drug-likeness (QED) is 0.0156. The van der Waals surface area contributed by atoms with Gasteiger partial charge in [0.15, 0.2) is 40.9 Å². The van der Waals surface area contributed by atoms with Gasteiger partial charge in [0.25, 0.3) is 0 Å². The summed E-state index contributed by atoms with van der Waals surface area (Å²) in [5.74, 6) is -3.15. The van der Waals surface area contributed by atoms with Crippen LogP contribution in [0.4, 0.5) is 0 Å². The monoisotopic (exact) mass is 1490 g/mol. The molecule has 5 saturated heterocycles. The second-order valence-corrected chi connectivity index (χ2v) is 23.9. The van der Waals surface area contributed by atoms with Gasteiger partial charge in [-0.2, -0.15) is 31.6 Å².